The van der Waals surface area contributed by atoms with Crippen LogP contribution in [0.5, 0.6) is 11.5 Å². The van der Waals surface area contributed by atoms with Crippen LogP contribution in [0.15, 0.2) is 36.4 Å². The predicted octanol–water partition coefficient (Wildman–Crippen LogP) is 3.89. The summed E-state index contributed by atoms with van der Waals surface area (Å²) in [6.45, 7) is 2.96. The lowest BCUT2D eigenvalue weighted by molar-refractivity contribution is -0.122. The van der Waals surface area contributed by atoms with Gasteiger partial charge in [-0.25, -0.2) is 0 Å². The molecule has 0 aromatic heterocycles. The van der Waals surface area contributed by atoms with Gasteiger partial charge in [0.2, 0.25) is 5.91 Å². The quantitative estimate of drug-likeness (QED) is 0.735. The van der Waals surface area contributed by atoms with Gasteiger partial charge in [0, 0.05) is 12.1 Å². The molecule has 0 saturated heterocycles. The van der Waals surface area contributed by atoms with E-state index in [2.05, 4.69) is 23.5 Å². The normalized spacial score (nSPS) is 14.2. The monoisotopic (exact) mass is 396 g/mol. The summed E-state index contributed by atoms with van der Waals surface area (Å²) >= 11 is 0. The Labute approximate surface area is 174 Å². The Morgan fingerprint density at radius 1 is 1.10 bits per heavy atom. The molecule has 0 fully saturated rings. The van der Waals surface area contributed by atoms with Gasteiger partial charge in [-0.2, -0.15) is 0 Å². The number of carbonyl (C=O) groups excluding carboxylic acids is 1. The minimum Gasteiger partial charge on any atom is -0.493 e. The van der Waals surface area contributed by atoms with Crippen LogP contribution in [0.25, 0.3) is 0 Å². The molecule has 0 bridgehead atoms. The van der Waals surface area contributed by atoms with Gasteiger partial charge in [-0.3, -0.25) is 9.69 Å². The molecule has 1 N–H and O–H groups in total. The van der Waals surface area contributed by atoms with Crippen molar-refractivity contribution in [1.29, 1.82) is 0 Å². The summed E-state index contributed by atoms with van der Waals surface area (Å²) in [6.07, 6.45) is 4.86. The maximum Gasteiger partial charge on any atom is 0.234 e. The number of nitrogens with one attached hydrogen (secondary N) is 1. The molecular weight excluding hydrogens is 364 g/mol. The van der Waals surface area contributed by atoms with Crippen molar-refractivity contribution in [3.63, 3.8) is 0 Å². The minimum atomic E-state index is -0.00511. The molecule has 0 heterocycles. The van der Waals surface area contributed by atoms with Crippen LogP contribution in [0.2, 0.25) is 0 Å². The first-order valence-corrected chi connectivity index (χ1v) is 10.3. The largest absolute Gasteiger partial charge is 0.493 e. The van der Waals surface area contributed by atoms with Crippen LogP contribution in [0.3, 0.4) is 0 Å². The lowest BCUT2D eigenvalue weighted by atomic mass is 9.89. The number of aryl methyl sites for hydroxylation is 2. The molecule has 1 aliphatic rings. The molecule has 1 atom stereocenters. The third-order valence-electron chi connectivity index (χ3n) is 5.59. The zero-order valence-electron chi connectivity index (χ0n) is 18.0. The molecule has 1 amide bonds. The zero-order valence-corrected chi connectivity index (χ0v) is 18.0. The number of benzene rings is 2. The van der Waals surface area contributed by atoms with E-state index in [1.165, 1.54) is 36.0 Å². The molecular formula is C24H32N2O3. The van der Waals surface area contributed by atoms with E-state index in [9.17, 15) is 4.79 Å². The second-order valence-electron chi connectivity index (χ2n) is 7.85. The topological polar surface area (TPSA) is 50.8 Å². The number of hydrogen-bond donors (Lipinski definition) is 1. The van der Waals surface area contributed by atoms with Crippen molar-refractivity contribution in [2.75, 3.05) is 27.8 Å². The Hall–Kier alpha value is -2.53. The van der Waals surface area contributed by atoms with Crippen molar-refractivity contribution in [2.45, 2.75) is 45.2 Å². The number of carbonyl (C=O) groups is 1. The maximum atomic E-state index is 12.6. The number of fused-ring (bicyclic) bond motifs is 1. The summed E-state index contributed by atoms with van der Waals surface area (Å²) in [5.74, 6) is 1.42. The van der Waals surface area contributed by atoms with E-state index in [1.54, 1.807) is 14.2 Å². The molecule has 2 aromatic carbocycles. The Bertz CT molecular complexity index is 850. The summed E-state index contributed by atoms with van der Waals surface area (Å²) in [4.78, 5) is 14.6. The molecule has 0 aliphatic heterocycles. The average molecular weight is 397 g/mol. The number of para-hydroxylation sites is 1. The van der Waals surface area contributed by atoms with Gasteiger partial charge < -0.3 is 14.8 Å². The van der Waals surface area contributed by atoms with Crippen LogP contribution in [-0.4, -0.2) is 38.6 Å². The molecule has 0 unspecified atom stereocenters. The molecule has 156 valence electrons. The number of likely N-dealkylation sites (N-methyl/N-ethyl adjacent to an activating group) is 1. The van der Waals surface area contributed by atoms with E-state index in [1.807, 2.05) is 37.1 Å². The Balaban J connectivity index is 1.58. The van der Waals surface area contributed by atoms with Crippen molar-refractivity contribution in [2.24, 2.45) is 0 Å². The minimum absolute atomic E-state index is 0.00511. The van der Waals surface area contributed by atoms with Crippen molar-refractivity contribution >= 4 is 5.91 Å². The van der Waals surface area contributed by atoms with Crippen molar-refractivity contribution in [3.8, 4) is 11.5 Å². The van der Waals surface area contributed by atoms with E-state index in [4.69, 9.17) is 9.47 Å². The molecule has 5 nitrogen and oxygen atoms in total. The number of nitrogens with zero attached hydrogens (tertiary/aromatic N) is 1. The Kier molecular flexibility index (Phi) is 7.15. The molecule has 2 aromatic rings. The van der Waals surface area contributed by atoms with Crippen molar-refractivity contribution < 1.29 is 14.3 Å². The number of methoxy groups -OCH3 is 2. The highest BCUT2D eigenvalue weighted by atomic mass is 16.5. The lowest BCUT2D eigenvalue weighted by Gasteiger charge is -2.22. The van der Waals surface area contributed by atoms with Gasteiger partial charge in [-0.05, 0) is 62.4 Å². The summed E-state index contributed by atoms with van der Waals surface area (Å²) < 4.78 is 10.8. The lowest BCUT2D eigenvalue weighted by Crippen LogP contribution is -2.36. The predicted molar refractivity (Wildman–Crippen MR) is 116 cm³/mol. The molecule has 0 spiro atoms. The van der Waals surface area contributed by atoms with E-state index >= 15 is 0 Å². The zero-order chi connectivity index (χ0) is 20.8. The van der Waals surface area contributed by atoms with E-state index in [0.29, 0.717) is 24.6 Å². The summed E-state index contributed by atoms with van der Waals surface area (Å²) in [5, 5.41) is 3.13. The standard InChI is InChI=1S/C24H32N2O3/c1-17(19-13-12-18-8-5-6-9-20(18)14-19)25-23(27)16-26(2)15-21-10-7-11-22(28-3)24(21)29-4/h7,10-14,17H,5-6,8-9,15-16H2,1-4H3,(H,25,27)/t17-/m1/s1. The van der Waals surface area contributed by atoms with E-state index < -0.39 is 0 Å². The highest BCUT2D eigenvalue weighted by Gasteiger charge is 2.16. The second-order valence-corrected chi connectivity index (χ2v) is 7.85. The van der Waals surface area contributed by atoms with Gasteiger partial charge in [0.1, 0.15) is 0 Å². The first kappa shape index (κ1) is 21.2. The Morgan fingerprint density at radius 2 is 1.86 bits per heavy atom. The Morgan fingerprint density at radius 3 is 2.59 bits per heavy atom. The number of amides is 1. The van der Waals surface area contributed by atoms with Crippen molar-refractivity contribution in [1.82, 2.24) is 10.2 Å². The van der Waals surface area contributed by atoms with Crippen molar-refractivity contribution in [3.05, 3.63) is 58.7 Å². The third-order valence-corrected chi connectivity index (χ3v) is 5.59. The molecule has 29 heavy (non-hydrogen) atoms. The second kappa shape index (κ2) is 9.79. The molecule has 0 saturated carbocycles. The van der Waals surface area contributed by atoms with Gasteiger partial charge in [-0.1, -0.05) is 30.3 Å². The SMILES string of the molecule is COc1cccc(CN(C)CC(=O)N[C@H](C)c2ccc3c(c2)CCCC3)c1OC. The summed E-state index contributed by atoms with van der Waals surface area (Å²) in [5.41, 5.74) is 5.07. The van der Waals surface area contributed by atoms with Gasteiger partial charge in [-0.15, -0.1) is 0 Å². The first-order valence-electron chi connectivity index (χ1n) is 10.3. The van der Waals surface area contributed by atoms with Crippen LogP contribution in [0.4, 0.5) is 0 Å². The third kappa shape index (κ3) is 5.30. The summed E-state index contributed by atoms with van der Waals surface area (Å²) in [6, 6.07) is 12.4. The fourth-order valence-corrected chi connectivity index (χ4v) is 4.06. The van der Waals surface area contributed by atoms with Gasteiger partial charge in [0.05, 0.1) is 26.8 Å². The molecule has 5 heteroatoms. The van der Waals surface area contributed by atoms with Crippen LogP contribution >= 0.6 is 0 Å². The smallest absolute Gasteiger partial charge is 0.234 e. The number of rotatable bonds is 8. The van der Waals surface area contributed by atoms with E-state index in [0.717, 1.165) is 12.0 Å². The van der Waals surface area contributed by atoms with Gasteiger partial charge >= 0.3 is 0 Å². The maximum absolute atomic E-state index is 12.6. The van der Waals surface area contributed by atoms with Gasteiger partial charge in [0.25, 0.3) is 0 Å². The average Bonchev–Trinajstić information content (AvgIpc) is 2.72. The molecule has 3 rings (SSSR count). The highest BCUT2D eigenvalue weighted by Crippen LogP contribution is 2.31. The number of ether oxygens (including phenoxy) is 2. The van der Waals surface area contributed by atoms with Crippen LogP contribution in [-0.2, 0) is 24.2 Å². The fourth-order valence-electron chi connectivity index (χ4n) is 4.06. The molecule has 1 aliphatic carbocycles. The molecule has 0 radical (unpaired) electrons. The highest BCUT2D eigenvalue weighted by molar-refractivity contribution is 5.78. The fraction of sp³-hybridized carbons (Fsp3) is 0.458. The van der Waals surface area contributed by atoms with Gasteiger partial charge in [0.15, 0.2) is 11.5 Å². The van der Waals surface area contributed by atoms with Crippen LogP contribution in [0.1, 0.15) is 48.1 Å². The van der Waals surface area contributed by atoms with E-state index in [-0.39, 0.29) is 11.9 Å². The number of hydrogen-bond acceptors (Lipinski definition) is 4. The first-order chi connectivity index (χ1) is 14.0. The van der Waals surface area contributed by atoms with Crippen LogP contribution < -0.4 is 14.8 Å². The van der Waals surface area contributed by atoms with Crippen LogP contribution in [0, 0.1) is 0 Å². The summed E-state index contributed by atoms with van der Waals surface area (Å²) in [7, 11) is 5.19.